The van der Waals surface area contributed by atoms with Crippen LogP contribution < -0.4 is 11.1 Å². The molecule has 0 spiro atoms. The van der Waals surface area contributed by atoms with Gasteiger partial charge in [0.2, 0.25) is 12.2 Å². The summed E-state index contributed by atoms with van der Waals surface area (Å²) in [6, 6.07) is -1.07. The van der Waals surface area contributed by atoms with Crippen LogP contribution >= 0.6 is 0 Å². The summed E-state index contributed by atoms with van der Waals surface area (Å²) in [6.07, 6.45) is 4.40. The Bertz CT molecular complexity index is 205. The molecule has 0 aliphatic heterocycles. The molecular formula is C11H21N2O2. The van der Waals surface area contributed by atoms with E-state index in [0.29, 0.717) is 6.42 Å². The van der Waals surface area contributed by atoms with Gasteiger partial charge in [0.1, 0.15) is 0 Å². The predicted molar refractivity (Wildman–Crippen MR) is 60.0 cm³/mol. The van der Waals surface area contributed by atoms with Gasteiger partial charge in [-0.15, -0.1) is 0 Å². The van der Waals surface area contributed by atoms with Gasteiger partial charge in [-0.1, -0.05) is 33.6 Å². The Morgan fingerprint density at radius 1 is 1.47 bits per heavy atom. The monoisotopic (exact) mass is 213 g/mol. The lowest BCUT2D eigenvalue weighted by atomic mass is 10.0. The molecule has 0 heterocycles. The number of carbonyl (C=O) groups is 1. The Morgan fingerprint density at radius 2 is 2.07 bits per heavy atom. The number of nitrogens with one attached hydrogen (secondary N) is 1. The van der Waals surface area contributed by atoms with E-state index in [2.05, 4.69) is 5.32 Å². The van der Waals surface area contributed by atoms with Crippen molar-refractivity contribution in [3.8, 4) is 0 Å². The van der Waals surface area contributed by atoms with Gasteiger partial charge in [-0.3, -0.25) is 9.59 Å². The molecule has 0 aromatic carbocycles. The minimum atomic E-state index is -0.551. The SMILES string of the molecule is CCCC[C@H](N)C(=O)N[C@H]([C]=O)C(C)C. The van der Waals surface area contributed by atoms with Gasteiger partial charge in [-0.2, -0.15) is 0 Å². The van der Waals surface area contributed by atoms with Crippen molar-refractivity contribution in [2.75, 3.05) is 0 Å². The minimum Gasteiger partial charge on any atom is -0.344 e. The highest BCUT2D eigenvalue weighted by atomic mass is 16.2. The molecule has 0 aliphatic rings. The standard InChI is InChI=1S/C11H21N2O2/c1-4-5-6-9(12)11(15)13-10(7-14)8(2)3/h8-10H,4-6,12H2,1-3H3,(H,13,15)/t9-,10+/m0/s1. The van der Waals surface area contributed by atoms with E-state index in [4.69, 9.17) is 5.73 Å². The number of carbonyl (C=O) groups excluding carboxylic acids is 2. The Labute approximate surface area is 91.6 Å². The van der Waals surface area contributed by atoms with Crippen LogP contribution in [-0.2, 0) is 9.59 Å². The maximum atomic E-state index is 11.5. The highest BCUT2D eigenvalue weighted by Crippen LogP contribution is 2.01. The zero-order valence-corrected chi connectivity index (χ0v) is 9.75. The first kappa shape index (κ1) is 14.1. The van der Waals surface area contributed by atoms with Gasteiger partial charge in [0.15, 0.2) is 0 Å². The lowest BCUT2D eigenvalue weighted by Gasteiger charge is -2.18. The quantitative estimate of drug-likeness (QED) is 0.655. The zero-order chi connectivity index (χ0) is 11.8. The van der Waals surface area contributed by atoms with Crippen molar-refractivity contribution in [3.63, 3.8) is 0 Å². The van der Waals surface area contributed by atoms with Crippen LogP contribution in [0.25, 0.3) is 0 Å². The van der Waals surface area contributed by atoms with E-state index in [0.717, 1.165) is 12.8 Å². The summed E-state index contributed by atoms with van der Waals surface area (Å²) in [5.74, 6) is -0.213. The van der Waals surface area contributed by atoms with E-state index in [9.17, 15) is 9.59 Å². The van der Waals surface area contributed by atoms with Gasteiger partial charge in [-0.25, -0.2) is 0 Å². The molecule has 0 bridgehead atoms. The van der Waals surface area contributed by atoms with E-state index in [1.54, 1.807) is 6.29 Å². The molecule has 0 aromatic heterocycles. The fourth-order valence-electron chi connectivity index (χ4n) is 1.15. The van der Waals surface area contributed by atoms with E-state index >= 15 is 0 Å². The van der Waals surface area contributed by atoms with Crippen molar-refractivity contribution >= 4 is 12.2 Å². The van der Waals surface area contributed by atoms with Crippen LogP contribution in [0.5, 0.6) is 0 Å². The average molecular weight is 213 g/mol. The molecule has 87 valence electrons. The number of hydrogen-bond acceptors (Lipinski definition) is 3. The summed E-state index contributed by atoms with van der Waals surface area (Å²) < 4.78 is 0. The molecule has 0 saturated heterocycles. The van der Waals surface area contributed by atoms with E-state index < -0.39 is 12.1 Å². The Hall–Kier alpha value is -0.900. The lowest BCUT2D eigenvalue weighted by molar-refractivity contribution is -0.123. The highest BCUT2D eigenvalue weighted by Gasteiger charge is 2.19. The third-order valence-corrected chi connectivity index (χ3v) is 2.30. The summed E-state index contributed by atoms with van der Waals surface area (Å²) in [6.45, 7) is 5.75. The molecule has 0 unspecified atom stereocenters. The molecule has 0 aliphatic carbocycles. The molecule has 0 rings (SSSR count). The van der Waals surface area contributed by atoms with Crippen molar-refractivity contribution in [2.45, 2.75) is 52.1 Å². The molecule has 4 nitrogen and oxygen atoms in total. The summed E-state index contributed by atoms with van der Waals surface area (Å²) in [4.78, 5) is 22.0. The molecule has 15 heavy (non-hydrogen) atoms. The molecule has 2 atom stereocenters. The maximum Gasteiger partial charge on any atom is 0.237 e. The van der Waals surface area contributed by atoms with Crippen LogP contribution in [0.2, 0.25) is 0 Å². The summed E-state index contributed by atoms with van der Waals surface area (Å²) in [5.41, 5.74) is 5.66. The van der Waals surface area contributed by atoms with Crippen LogP contribution in [0.1, 0.15) is 40.0 Å². The van der Waals surface area contributed by atoms with Gasteiger partial charge in [-0.05, 0) is 12.3 Å². The third kappa shape index (κ3) is 5.52. The van der Waals surface area contributed by atoms with Gasteiger partial charge in [0.05, 0.1) is 12.1 Å². The van der Waals surface area contributed by atoms with E-state index in [-0.39, 0.29) is 11.8 Å². The van der Waals surface area contributed by atoms with E-state index in [1.807, 2.05) is 20.8 Å². The highest BCUT2D eigenvalue weighted by molar-refractivity contribution is 5.84. The van der Waals surface area contributed by atoms with Crippen molar-refractivity contribution in [3.05, 3.63) is 0 Å². The van der Waals surface area contributed by atoms with Gasteiger partial charge in [0, 0.05) is 0 Å². The Morgan fingerprint density at radius 3 is 2.47 bits per heavy atom. The zero-order valence-electron chi connectivity index (χ0n) is 9.75. The van der Waals surface area contributed by atoms with Gasteiger partial charge >= 0.3 is 0 Å². The van der Waals surface area contributed by atoms with Crippen LogP contribution in [-0.4, -0.2) is 24.3 Å². The van der Waals surface area contributed by atoms with Crippen molar-refractivity contribution in [1.29, 1.82) is 0 Å². The summed E-state index contributed by atoms with van der Waals surface area (Å²) in [7, 11) is 0. The largest absolute Gasteiger partial charge is 0.344 e. The summed E-state index contributed by atoms with van der Waals surface area (Å²) in [5, 5.41) is 2.59. The average Bonchev–Trinajstić information content (AvgIpc) is 2.21. The minimum absolute atomic E-state index is 0.0461. The molecule has 0 saturated carbocycles. The number of unbranched alkanes of at least 4 members (excludes halogenated alkanes) is 1. The molecule has 4 heteroatoms. The van der Waals surface area contributed by atoms with E-state index in [1.165, 1.54) is 0 Å². The first-order valence-electron chi connectivity index (χ1n) is 5.46. The molecule has 1 amide bonds. The van der Waals surface area contributed by atoms with Gasteiger partial charge in [0.25, 0.3) is 0 Å². The third-order valence-electron chi connectivity index (χ3n) is 2.30. The number of hydrogen-bond donors (Lipinski definition) is 2. The van der Waals surface area contributed by atoms with Crippen LogP contribution in [0.3, 0.4) is 0 Å². The molecule has 0 fully saturated rings. The fourth-order valence-corrected chi connectivity index (χ4v) is 1.15. The predicted octanol–water partition coefficient (Wildman–Crippen LogP) is 0.754. The van der Waals surface area contributed by atoms with Crippen molar-refractivity contribution in [1.82, 2.24) is 5.32 Å². The van der Waals surface area contributed by atoms with Gasteiger partial charge < -0.3 is 11.1 Å². The second-order valence-electron chi connectivity index (χ2n) is 4.10. The van der Waals surface area contributed by atoms with Crippen LogP contribution in [0.4, 0.5) is 0 Å². The first-order chi connectivity index (χ1) is 7.02. The van der Waals surface area contributed by atoms with Crippen molar-refractivity contribution < 1.29 is 9.59 Å². The molecule has 1 radical (unpaired) electrons. The Balaban J connectivity index is 4.04. The summed E-state index contributed by atoms with van der Waals surface area (Å²) >= 11 is 0. The first-order valence-corrected chi connectivity index (χ1v) is 5.46. The smallest absolute Gasteiger partial charge is 0.237 e. The molecule has 3 N–H and O–H groups in total. The number of nitrogens with two attached hydrogens (primary N) is 1. The Kier molecular flexibility index (Phi) is 6.96. The second-order valence-corrected chi connectivity index (χ2v) is 4.10. The second kappa shape index (κ2) is 7.40. The van der Waals surface area contributed by atoms with Crippen LogP contribution in [0, 0.1) is 5.92 Å². The fraction of sp³-hybridized carbons (Fsp3) is 0.818. The molecule has 0 aromatic rings. The number of rotatable bonds is 7. The maximum absolute atomic E-state index is 11.5. The topological polar surface area (TPSA) is 72.2 Å². The normalized spacial score (nSPS) is 14.7. The number of amides is 1. The lowest BCUT2D eigenvalue weighted by Crippen LogP contribution is -2.47. The van der Waals surface area contributed by atoms with Crippen LogP contribution in [0.15, 0.2) is 0 Å². The molecular weight excluding hydrogens is 192 g/mol. The van der Waals surface area contributed by atoms with Crippen molar-refractivity contribution in [2.24, 2.45) is 11.7 Å².